The number of carbonyl (C=O) groups excluding carboxylic acids is 1. The third-order valence-electron chi connectivity index (χ3n) is 5.08. The largest absolute Gasteiger partial charge is 0.496 e. The molecule has 3 aromatic rings. The minimum absolute atomic E-state index is 0.0719. The van der Waals surface area contributed by atoms with Crippen LogP contribution in [0.3, 0.4) is 0 Å². The Morgan fingerprint density at radius 2 is 1.97 bits per heavy atom. The highest BCUT2D eigenvalue weighted by Gasteiger charge is 2.10. The normalized spacial score (nSPS) is 11.0. The first-order chi connectivity index (χ1) is 15.0. The number of hydrogen-bond donors (Lipinski definition) is 0. The molecule has 0 saturated heterocycles. The van der Waals surface area contributed by atoms with Crippen LogP contribution in [0.5, 0.6) is 11.5 Å². The van der Waals surface area contributed by atoms with Crippen molar-refractivity contribution in [3.05, 3.63) is 83.2 Å². The second-order valence-corrected chi connectivity index (χ2v) is 7.29. The number of hydrogen-bond acceptors (Lipinski definition) is 4. The number of para-hydroxylation sites is 1. The molecule has 3 rings (SSSR count). The Hall–Kier alpha value is -3.54. The molecule has 6 heteroatoms. The van der Waals surface area contributed by atoms with E-state index in [9.17, 15) is 4.79 Å². The van der Waals surface area contributed by atoms with Crippen LogP contribution in [0.4, 0.5) is 0 Å². The van der Waals surface area contributed by atoms with Gasteiger partial charge in [-0.1, -0.05) is 24.3 Å². The third kappa shape index (κ3) is 5.75. The van der Waals surface area contributed by atoms with Gasteiger partial charge in [-0.05, 0) is 55.3 Å². The zero-order valence-electron chi connectivity index (χ0n) is 18.5. The molecular weight excluding hydrogens is 390 g/mol. The van der Waals surface area contributed by atoms with Gasteiger partial charge in [0.25, 0.3) is 0 Å². The lowest BCUT2D eigenvalue weighted by atomic mass is 10.1. The monoisotopic (exact) mass is 419 g/mol. The van der Waals surface area contributed by atoms with Crippen molar-refractivity contribution in [1.29, 1.82) is 0 Å². The number of methoxy groups -OCH3 is 1. The first kappa shape index (κ1) is 22.2. The van der Waals surface area contributed by atoms with Crippen LogP contribution in [-0.4, -0.2) is 34.7 Å². The molecule has 1 amide bonds. The van der Waals surface area contributed by atoms with Crippen molar-refractivity contribution in [2.24, 2.45) is 0 Å². The molecule has 0 atom stereocenters. The highest BCUT2D eigenvalue weighted by atomic mass is 16.5. The van der Waals surface area contributed by atoms with Crippen LogP contribution in [-0.2, 0) is 24.5 Å². The lowest BCUT2D eigenvalue weighted by molar-refractivity contribution is -0.125. The molecule has 31 heavy (non-hydrogen) atoms. The third-order valence-corrected chi connectivity index (χ3v) is 5.08. The zero-order chi connectivity index (χ0) is 22.2. The number of benzene rings is 2. The second-order valence-electron chi connectivity index (χ2n) is 7.29. The molecule has 0 aliphatic carbocycles. The summed E-state index contributed by atoms with van der Waals surface area (Å²) in [5, 5.41) is 4.25. The van der Waals surface area contributed by atoms with Gasteiger partial charge in [-0.25, -0.2) is 0 Å². The van der Waals surface area contributed by atoms with Gasteiger partial charge in [0.1, 0.15) is 18.1 Å². The Bertz CT molecular complexity index is 1060. The van der Waals surface area contributed by atoms with E-state index in [1.807, 2.05) is 73.1 Å². The van der Waals surface area contributed by atoms with Gasteiger partial charge in [0.15, 0.2) is 0 Å². The van der Waals surface area contributed by atoms with E-state index in [2.05, 4.69) is 5.10 Å². The summed E-state index contributed by atoms with van der Waals surface area (Å²) in [6.07, 6.45) is 5.15. The topological polar surface area (TPSA) is 56.6 Å². The summed E-state index contributed by atoms with van der Waals surface area (Å²) >= 11 is 0. The number of likely N-dealkylation sites (N-methyl/N-ethyl adjacent to an activating group) is 1. The summed E-state index contributed by atoms with van der Waals surface area (Å²) in [5.74, 6) is 1.52. The maximum Gasteiger partial charge on any atom is 0.246 e. The summed E-state index contributed by atoms with van der Waals surface area (Å²) in [5.41, 5.74) is 3.91. The van der Waals surface area contributed by atoms with Crippen LogP contribution < -0.4 is 9.47 Å². The summed E-state index contributed by atoms with van der Waals surface area (Å²) < 4.78 is 13.3. The van der Waals surface area contributed by atoms with Crippen molar-refractivity contribution in [3.63, 3.8) is 0 Å². The average Bonchev–Trinajstić information content (AvgIpc) is 3.24. The molecule has 1 aromatic heterocycles. The molecule has 6 nitrogen and oxygen atoms in total. The predicted octanol–water partition coefficient (Wildman–Crippen LogP) is 4.47. The Labute approximate surface area is 183 Å². The van der Waals surface area contributed by atoms with Crippen molar-refractivity contribution >= 4 is 12.0 Å². The number of nitrogens with zero attached hydrogens (tertiary/aromatic N) is 3. The van der Waals surface area contributed by atoms with Crippen LogP contribution in [0.25, 0.3) is 6.08 Å². The lowest BCUT2D eigenvalue weighted by Crippen LogP contribution is -2.25. The maximum atomic E-state index is 12.6. The van der Waals surface area contributed by atoms with Crippen LogP contribution in [0, 0.1) is 6.92 Å². The van der Waals surface area contributed by atoms with Gasteiger partial charge >= 0.3 is 0 Å². The zero-order valence-corrected chi connectivity index (χ0v) is 18.5. The summed E-state index contributed by atoms with van der Waals surface area (Å²) in [6.45, 7) is 5.71. The summed E-state index contributed by atoms with van der Waals surface area (Å²) in [4.78, 5) is 14.2. The SMILES string of the molecule is CCn1nccc1CN(C)C(=O)/C=C/c1ccc(OC)c(COc2ccccc2C)c1. The van der Waals surface area contributed by atoms with Crippen molar-refractivity contribution in [3.8, 4) is 11.5 Å². The maximum absolute atomic E-state index is 12.6. The van der Waals surface area contributed by atoms with Gasteiger partial charge in [0, 0.05) is 31.4 Å². The van der Waals surface area contributed by atoms with Crippen LogP contribution in [0.15, 0.2) is 60.8 Å². The molecule has 0 bridgehead atoms. The first-order valence-electron chi connectivity index (χ1n) is 10.3. The van der Waals surface area contributed by atoms with Crippen molar-refractivity contribution in [1.82, 2.24) is 14.7 Å². The minimum Gasteiger partial charge on any atom is -0.496 e. The van der Waals surface area contributed by atoms with Gasteiger partial charge in [-0.2, -0.15) is 5.10 Å². The van der Waals surface area contributed by atoms with Crippen LogP contribution >= 0.6 is 0 Å². The van der Waals surface area contributed by atoms with Crippen molar-refractivity contribution in [2.75, 3.05) is 14.2 Å². The van der Waals surface area contributed by atoms with E-state index in [1.165, 1.54) is 0 Å². The fourth-order valence-corrected chi connectivity index (χ4v) is 3.28. The van der Waals surface area contributed by atoms with E-state index in [0.29, 0.717) is 13.2 Å². The van der Waals surface area contributed by atoms with Crippen LogP contribution in [0.1, 0.15) is 29.3 Å². The standard InChI is InChI=1S/C25H29N3O3/c1-5-28-22(14-15-26-28)17-27(3)25(29)13-11-20-10-12-24(30-4)21(16-20)18-31-23-9-7-6-8-19(23)2/h6-16H,5,17-18H2,1-4H3/b13-11+. The molecular formula is C25H29N3O3. The van der Waals surface area contributed by atoms with E-state index in [1.54, 1.807) is 31.3 Å². The van der Waals surface area contributed by atoms with Crippen molar-refractivity contribution < 1.29 is 14.3 Å². The van der Waals surface area contributed by atoms with Gasteiger partial charge in [0.05, 0.1) is 19.3 Å². The Morgan fingerprint density at radius 3 is 2.71 bits per heavy atom. The average molecular weight is 420 g/mol. The second kappa shape index (κ2) is 10.5. The number of aromatic nitrogens is 2. The highest BCUT2D eigenvalue weighted by molar-refractivity contribution is 5.91. The smallest absolute Gasteiger partial charge is 0.246 e. The predicted molar refractivity (Wildman–Crippen MR) is 122 cm³/mol. The first-order valence-corrected chi connectivity index (χ1v) is 10.3. The Kier molecular flexibility index (Phi) is 7.49. The Balaban J connectivity index is 1.68. The summed E-state index contributed by atoms with van der Waals surface area (Å²) in [7, 11) is 3.43. The van der Waals surface area contributed by atoms with E-state index < -0.39 is 0 Å². The molecule has 0 N–H and O–H groups in total. The van der Waals surface area contributed by atoms with E-state index in [-0.39, 0.29) is 5.91 Å². The molecule has 0 aliphatic rings. The molecule has 162 valence electrons. The van der Waals surface area contributed by atoms with Crippen LogP contribution in [0.2, 0.25) is 0 Å². The quantitative estimate of drug-likeness (QED) is 0.480. The fourth-order valence-electron chi connectivity index (χ4n) is 3.28. The number of carbonyl (C=O) groups is 1. The molecule has 1 heterocycles. The molecule has 0 unspecified atom stereocenters. The minimum atomic E-state index is -0.0719. The molecule has 2 aromatic carbocycles. The van der Waals surface area contributed by atoms with Crippen molar-refractivity contribution in [2.45, 2.75) is 33.5 Å². The fraction of sp³-hybridized carbons (Fsp3) is 0.280. The number of amides is 1. The number of rotatable bonds is 9. The molecule has 0 aliphatic heterocycles. The van der Waals surface area contributed by atoms with Gasteiger partial charge in [-0.3, -0.25) is 9.48 Å². The van der Waals surface area contributed by atoms with Gasteiger partial charge < -0.3 is 14.4 Å². The molecule has 0 saturated carbocycles. The molecule has 0 radical (unpaired) electrons. The number of ether oxygens (including phenoxy) is 2. The summed E-state index contributed by atoms with van der Waals surface area (Å²) in [6, 6.07) is 15.6. The molecule has 0 spiro atoms. The van der Waals surface area contributed by atoms with Gasteiger partial charge in [-0.15, -0.1) is 0 Å². The highest BCUT2D eigenvalue weighted by Crippen LogP contribution is 2.24. The molecule has 0 fully saturated rings. The van der Waals surface area contributed by atoms with Gasteiger partial charge in [0.2, 0.25) is 5.91 Å². The Morgan fingerprint density at radius 1 is 1.16 bits per heavy atom. The van der Waals surface area contributed by atoms with E-state index in [0.717, 1.165) is 40.4 Å². The lowest BCUT2D eigenvalue weighted by Gasteiger charge is -2.16. The van der Waals surface area contributed by atoms with E-state index >= 15 is 0 Å². The number of aryl methyl sites for hydroxylation is 2. The van der Waals surface area contributed by atoms with E-state index in [4.69, 9.17) is 9.47 Å².